The van der Waals surface area contributed by atoms with Crippen molar-refractivity contribution in [1.82, 2.24) is 14.9 Å². The molecule has 0 bridgehead atoms. The predicted octanol–water partition coefficient (Wildman–Crippen LogP) is 3.01. The Balaban J connectivity index is 2.28. The molecule has 7 heteroatoms. The average Bonchev–Trinajstić information content (AvgIpc) is 2.42. The van der Waals surface area contributed by atoms with E-state index in [1.54, 1.807) is 0 Å². The third-order valence-electron chi connectivity index (χ3n) is 3.29. The number of benzene rings is 1. The summed E-state index contributed by atoms with van der Waals surface area (Å²) in [5.74, 6) is -0.225. The third kappa shape index (κ3) is 3.78. The van der Waals surface area contributed by atoms with Crippen molar-refractivity contribution in [2.24, 2.45) is 0 Å². The second-order valence-electron chi connectivity index (χ2n) is 5.22. The topological polar surface area (TPSA) is 64.0 Å². The van der Waals surface area contributed by atoms with Crippen LogP contribution in [0.1, 0.15) is 26.7 Å². The number of carbonyl (C=O) groups is 1. The Kier molecular flexibility index (Phi) is 5.42. The highest BCUT2D eigenvalue weighted by Gasteiger charge is 2.12. The van der Waals surface area contributed by atoms with E-state index >= 15 is 0 Å². The van der Waals surface area contributed by atoms with Crippen molar-refractivity contribution in [3.8, 4) is 0 Å². The fourth-order valence-corrected chi connectivity index (χ4v) is 2.83. The highest BCUT2D eigenvalue weighted by Crippen LogP contribution is 2.23. The highest BCUT2D eigenvalue weighted by molar-refractivity contribution is 6.38. The number of nitrogens with one attached hydrogen (secondary N) is 1. The van der Waals surface area contributed by atoms with E-state index in [1.807, 2.05) is 13.8 Å². The second kappa shape index (κ2) is 7.11. The van der Waals surface area contributed by atoms with E-state index in [1.165, 1.54) is 23.0 Å². The minimum absolute atomic E-state index is 0.0745. The number of fused-ring (bicyclic) bond motifs is 1. The largest absolute Gasteiger partial charge is 0.352 e. The van der Waals surface area contributed by atoms with E-state index < -0.39 is 0 Å². The molecule has 118 valence electrons. The summed E-state index contributed by atoms with van der Waals surface area (Å²) in [7, 11) is 0. The number of aromatic nitrogens is 2. The van der Waals surface area contributed by atoms with Crippen LogP contribution in [0.3, 0.4) is 0 Å². The van der Waals surface area contributed by atoms with Gasteiger partial charge in [0.05, 0.1) is 22.3 Å². The van der Waals surface area contributed by atoms with Gasteiger partial charge in [0.15, 0.2) is 0 Å². The second-order valence-corrected chi connectivity index (χ2v) is 6.06. The molecule has 0 aliphatic rings. The minimum Gasteiger partial charge on any atom is -0.352 e. The molecule has 1 aromatic carbocycles. The summed E-state index contributed by atoms with van der Waals surface area (Å²) >= 11 is 11.9. The number of nitrogens with zero attached hydrogens (tertiary/aromatic N) is 2. The molecule has 1 amide bonds. The first-order valence-corrected chi connectivity index (χ1v) is 7.81. The van der Waals surface area contributed by atoms with E-state index in [0.29, 0.717) is 20.9 Å². The van der Waals surface area contributed by atoms with E-state index in [4.69, 9.17) is 23.2 Å². The summed E-state index contributed by atoms with van der Waals surface area (Å²) in [5.41, 5.74) is 0.0415. The van der Waals surface area contributed by atoms with Crippen molar-refractivity contribution >= 4 is 40.0 Å². The number of hydrogen-bond donors (Lipinski definition) is 1. The van der Waals surface area contributed by atoms with Gasteiger partial charge in [-0.3, -0.25) is 14.2 Å². The summed E-state index contributed by atoms with van der Waals surface area (Å²) in [5, 5.41) is 3.82. The van der Waals surface area contributed by atoms with Crippen molar-refractivity contribution < 1.29 is 4.79 Å². The molecule has 1 N–H and O–H groups in total. The maximum atomic E-state index is 12.4. The van der Waals surface area contributed by atoms with Gasteiger partial charge in [0.1, 0.15) is 6.54 Å². The summed E-state index contributed by atoms with van der Waals surface area (Å²) in [6.45, 7) is 3.90. The van der Waals surface area contributed by atoms with Crippen LogP contribution in [0, 0.1) is 0 Å². The number of halogens is 2. The Hall–Kier alpha value is -1.59. The Labute approximate surface area is 138 Å². The SMILES string of the molecule is CCCC(C)NC(=O)Cn1cnc2c(Cl)cc(Cl)cc2c1=O. The number of amides is 1. The normalized spacial score (nSPS) is 12.4. The number of rotatable bonds is 5. The Morgan fingerprint density at radius 2 is 2.14 bits per heavy atom. The van der Waals surface area contributed by atoms with Gasteiger partial charge in [-0.05, 0) is 25.5 Å². The van der Waals surface area contributed by atoms with E-state index in [-0.39, 0.29) is 24.1 Å². The average molecular weight is 342 g/mol. The maximum absolute atomic E-state index is 12.4. The molecule has 1 unspecified atom stereocenters. The zero-order chi connectivity index (χ0) is 16.3. The summed E-state index contributed by atoms with van der Waals surface area (Å²) in [6, 6.07) is 3.11. The lowest BCUT2D eigenvalue weighted by atomic mass is 10.2. The molecule has 0 aliphatic heterocycles. The zero-order valence-electron chi connectivity index (χ0n) is 12.4. The van der Waals surface area contributed by atoms with Crippen LogP contribution >= 0.6 is 23.2 Å². The molecule has 0 spiro atoms. The van der Waals surface area contributed by atoms with Gasteiger partial charge in [-0.15, -0.1) is 0 Å². The predicted molar refractivity (Wildman–Crippen MR) is 88.5 cm³/mol. The van der Waals surface area contributed by atoms with E-state index in [2.05, 4.69) is 10.3 Å². The lowest BCUT2D eigenvalue weighted by Gasteiger charge is -2.13. The van der Waals surface area contributed by atoms with Crippen LogP contribution in [0.25, 0.3) is 10.9 Å². The molecular weight excluding hydrogens is 325 g/mol. The lowest BCUT2D eigenvalue weighted by molar-refractivity contribution is -0.122. The molecule has 0 aliphatic carbocycles. The maximum Gasteiger partial charge on any atom is 0.261 e. The van der Waals surface area contributed by atoms with Crippen LogP contribution in [0.15, 0.2) is 23.3 Å². The molecule has 2 rings (SSSR count). The fraction of sp³-hybridized carbons (Fsp3) is 0.400. The quantitative estimate of drug-likeness (QED) is 0.908. The molecule has 1 aromatic heterocycles. The monoisotopic (exact) mass is 341 g/mol. The molecule has 1 atom stereocenters. The minimum atomic E-state index is -0.340. The highest BCUT2D eigenvalue weighted by atomic mass is 35.5. The van der Waals surface area contributed by atoms with Crippen molar-refractivity contribution in [2.45, 2.75) is 39.3 Å². The molecule has 0 radical (unpaired) electrons. The summed E-state index contributed by atoms with van der Waals surface area (Å²) in [4.78, 5) is 28.5. The van der Waals surface area contributed by atoms with Crippen molar-refractivity contribution in [3.05, 3.63) is 38.9 Å². The van der Waals surface area contributed by atoms with Gasteiger partial charge >= 0.3 is 0 Å². The van der Waals surface area contributed by atoms with Crippen LogP contribution in [0.2, 0.25) is 10.0 Å². The van der Waals surface area contributed by atoms with Gasteiger partial charge in [-0.25, -0.2) is 4.98 Å². The fourth-order valence-electron chi connectivity index (χ4n) is 2.29. The van der Waals surface area contributed by atoms with Gasteiger partial charge in [-0.2, -0.15) is 0 Å². The molecule has 0 saturated carbocycles. The molecular formula is C15H17Cl2N3O2. The van der Waals surface area contributed by atoms with Crippen LogP contribution in [-0.2, 0) is 11.3 Å². The molecule has 0 saturated heterocycles. The smallest absolute Gasteiger partial charge is 0.261 e. The molecule has 5 nitrogen and oxygen atoms in total. The van der Waals surface area contributed by atoms with Crippen molar-refractivity contribution in [1.29, 1.82) is 0 Å². The van der Waals surface area contributed by atoms with E-state index in [0.717, 1.165) is 12.8 Å². The number of carbonyl (C=O) groups excluding carboxylic acids is 1. The Morgan fingerprint density at radius 1 is 1.41 bits per heavy atom. The summed E-state index contributed by atoms with van der Waals surface area (Å²) < 4.78 is 1.25. The third-order valence-corrected chi connectivity index (χ3v) is 3.80. The first-order valence-electron chi connectivity index (χ1n) is 7.06. The number of hydrogen-bond acceptors (Lipinski definition) is 3. The molecule has 0 fully saturated rings. The molecule has 2 aromatic rings. The van der Waals surface area contributed by atoms with E-state index in [9.17, 15) is 9.59 Å². The molecule has 1 heterocycles. The van der Waals surface area contributed by atoms with Crippen LogP contribution < -0.4 is 10.9 Å². The molecule has 22 heavy (non-hydrogen) atoms. The zero-order valence-corrected chi connectivity index (χ0v) is 13.9. The summed E-state index contributed by atoms with van der Waals surface area (Å²) in [6.07, 6.45) is 3.20. The van der Waals surface area contributed by atoms with Gasteiger partial charge in [-0.1, -0.05) is 36.5 Å². The lowest BCUT2D eigenvalue weighted by Crippen LogP contribution is -2.37. The first-order chi connectivity index (χ1) is 10.4. The van der Waals surface area contributed by atoms with Crippen molar-refractivity contribution in [2.75, 3.05) is 0 Å². The Morgan fingerprint density at radius 3 is 2.82 bits per heavy atom. The van der Waals surface area contributed by atoms with Crippen molar-refractivity contribution in [3.63, 3.8) is 0 Å². The van der Waals surface area contributed by atoms with Gasteiger partial charge in [0.2, 0.25) is 5.91 Å². The van der Waals surface area contributed by atoms with Crippen LogP contribution in [0.4, 0.5) is 0 Å². The van der Waals surface area contributed by atoms with Crippen LogP contribution in [-0.4, -0.2) is 21.5 Å². The van der Waals surface area contributed by atoms with Gasteiger partial charge in [0.25, 0.3) is 5.56 Å². The van der Waals surface area contributed by atoms with Crippen LogP contribution in [0.5, 0.6) is 0 Å². The Bertz CT molecular complexity index is 758. The van der Waals surface area contributed by atoms with Gasteiger partial charge in [0, 0.05) is 11.1 Å². The van der Waals surface area contributed by atoms with Gasteiger partial charge < -0.3 is 5.32 Å². The standard InChI is InChI=1S/C15H17Cl2N3O2/c1-3-4-9(2)19-13(21)7-20-8-18-14-11(15(20)22)5-10(16)6-12(14)17/h5-6,8-9H,3-4,7H2,1-2H3,(H,19,21). The first kappa shape index (κ1) is 16.8.